The van der Waals surface area contributed by atoms with Crippen LogP contribution >= 0.6 is 0 Å². The Morgan fingerprint density at radius 2 is 2.00 bits per heavy atom. The van der Waals surface area contributed by atoms with Crippen molar-refractivity contribution in [3.8, 4) is 11.8 Å². The van der Waals surface area contributed by atoms with Crippen LogP contribution in [-0.4, -0.2) is 19.3 Å². The lowest BCUT2D eigenvalue weighted by atomic mass is 9.86. The third-order valence-electron chi connectivity index (χ3n) is 3.03. The normalized spacial score (nSPS) is 24.4. The third-order valence-corrected chi connectivity index (χ3v) is 3.03. The monoisotopic (exact) mass is 222 g/mol. The highest BCUT2D eigenvalue weighted by Gasteiger charge is 2.23. The lowest BCUT2D eigenvalue weighted by Crippen LogP contribution is -2.23. The zero-order valence-electron chi connectivity index (χ0n) is 10.4. The second-order valence-corrected chi connectivity index (χ2v) is 4.11. The van der Waals surface area contributed by atoms with E-state index in [1.54, 1.807) is 0 Å². The van der Waals surface area contributed by atoms with Crippen molar-refractivity contribution in [2.75, 3.05) is 13.2 Å². The van der Waals surface area contributed by atoms with E-state index in [0.717, 1.165) is 38.0 Å². The Morgan fingerprint density at radius 3 is 2.56 bits per heavy atom. The number of hydrogen-bond acceptors (Lipinski definition) is 2. The Kier molecular flexibility index (Phi) is 6.03. The number of hydrogen-bond donors (Lipinski definition) is 0. The van der Waals surface area contributed by atoms with E-state index < -0.39 is 0 Å². The van der Waals surface area contributed by atoms with Gasteiger partial charge in [0.2, 0.25) is 0 Å². The quantitative estimate of drug-likeness (QED) is 0.525. The van der Waals surface area contributed by atoms with Gasteiger partial charge in [0, 0.05) is 5.92 Å². The zero-order valence-corrected chi connectivity index (χ0v) is 10.4. The van der Waals surface area contributed by atoms with Crippen LogP contribution in [0.15, 0.2) is 12.3 Å². The van der Waals surface area contributed by atoms with Crippen molar-refractivity contribution in [3.63, 3.8) is 0 Å². The van der Waals surface area contributed by atoms with Crippen LogP contribution in [0, 0.1) is 17.8 Å². The van der Waals surface area contributed by atoms with Crippen LogP contribution in [0.4, 0.5) is 0 Å². The predicted octanol–water partition coefficient (Wildman–Crippen LogP) is 3.14. The van der Waals surface area contributed by atoms with E-state index in [2.05, 4.69) is 18.4 Å². The van der Waals surface area contributed by atoms with E-state index >= 15 is 0 Å². The van der Waals surface area contributed by atoms with Crippen LogP contribution in [0.2, 0.25) is 0 Å². The second kappa shape index (κ2) is 7.35. The standard InChI is InChI=1S/C14H22O2/c1-4-6-11-16-14-9-7-13(8-10-14)12(3)15-5-2/h13-14H,3,5,7-11H2,1-2H3. The summed E-state index contributed by atoms with van der Waals surface area (Å²) in [5.74, 6) is 7.26. The summed E-state index contributed by atoms with van der Waals surface area (Å²) in [5, 5.41) is 0. The van der Waals surface area contributed by atoms with Crippen molar-refractivity contribution < 1.29 is 9.47 Å². The van der Waals surface area contributed by atoms with Crippen LogP contribution in [-0.2, 0) is 9.47 Å². The van der Waals surface area contributed by atoms with Crippen LogP contribution in [0.1, 0.15) is 39.5 Å². The second-order valence-electron chi connectivity index (χ2n) is 4.11. The molecule has 1 aliphatic carbocycles. The van der Waals surface area contributed by atoms with Gasteiger partial charge in [0.05, 0.1) is 18.5 Å². The van der Waals surface area contributed by atoms with Crippen molar-refractivity contribution in [1.29, 1.82) is 0 Å². The van der Waals surface area contributed by atoms with Gasteiger partial charge in [-0.1, -0.05) is 12.5 Å². The van der Waals surface area contributed by atoms with Gasteiger partial charge in [-0.25, -0.2) is 0 Å². The molecule has 0 atom stereocenters. The molecule has 1 saturated carbocycles. The van der Waals surface area contributed by atoms with Gasteiger partial charge in [-0.2, -0.15) is 0 Å². The first-order valence-electron chi connectivity index (χ1n) is 6.10. The largest absolute Gasteiger partial charge is 0.499 e. The summed E-state index contributed by atoms with van der Waals surface area (Å²) in [6.45, 7) is 9.12. The molecule has 0 heterocycles. The number of rotatable bonds is 5. The van der Waals surface area contributed by atoms with Gasteiger partial charge in [-0.15, -0.1) is 5.92 Å². The smallest absolute Gasteiger partial charge is 0.108 e. The number of allylic oxidation sites excluding steroid dienone is 1. The Balaban J connectivity index is 2.22. The van der Waals surface area contributed by atoms with Crippen LogP contribution in [0.25, 0.3) is 0 Å². The molecule has 90 valence electrons. The van der Waals surface area contributed by atoms with Crippen molar-refractivity contribution in [3.05, 3.63) is 12.3 Å². The van der Waals surface area contributed by atoms with Gasteiger partial charge in [0.1, 0.15) is 6.61 Å². The maximum absolute atomic E-state index is 5.67. The molecule has 0 aromatic rings. The Labute approximate surface area is 99.0 Å². The first-order valence-corrected chi connectivity index (χ1v) is 6.10. The van der Waals surface area contributed by atoms with Gasteiger partial charge in [0.15, 0.2) is 0 Å². The first-order chi connectivity index (χ1) is 7.77. The number of ether oxygens (including phenoxy) is 2. The fourth-order valence-electron chi connectivity index (χ4n) is 2.09. The highest BCUT2D eigenvalue weighted by Crippen LogP contribution is 2.30. The summed E-state index contributed by atoms with van der Waals surface area (Å²) in [7, 11) is 0. The molecule has 0 saturated heterocycles. The Bertz CT molecular complexity index is 264. The van der Waals surface area contributed by atoms with Crippen molar-refractivity contribution in [1.82, 2.24) is 0 Å². The lowest BCUT2D eigenvalue weighted by Gasteiger charge is -2.28. The molecule has 0 amide bonds. The summed E-state index contributed by atoms with van der Waals surface area (Å²) in [5.41, 5.74) is 0. The maximum Gasteiger partial charge on any atom is 0.108 e. The minimum Gasteiger partial charge on any atom is -0.499 e. The van der Waals surface area contributed by atoms with Crippen molar-refractivity contribution in [2.24, 2.45) is 5.92 Å². The van der Waals surface area contributed by atoms with Crippen molar-refractivity contribution >= 4 is 0 Å². The molecule has 0 aromatic heterocycles. The summed E-state index contributed by atoms with van der Waals surface area (Å²) in [6, 6.07) is 0. The molecule has 0 bridgehead atoms. The van der Waals surface area contributed by atoms with Gasteiger partial charge >= 0.3 is 0 Å². The molecule has 2 heteroatoms. The minimum atomic E-state index is 0.381. The fourth-order valence-corrected chi connectivity index (χ4v) is 2.09. The molecule has 1 aliphatic rings. The minimum absolute atomic E-state index is 0.381. The highest BCUT2D eigenvalue weighted by atomic mass is 16.5. The Morgan fingerprint density at radius 1 is 1.31 bits per heavy atom. The molecule has 0 aromatic carbocycles. The molecule has 1 rings (SSSR count). The fraction of sp³-hybridized carbons (Fsp3) is 0.714. The summed E-state index contributed by atoms with van der Waals surface area (Å²) >= 11 is 0. The third kappa shape index (κ3) is 4.28. The van der Waals surface area contributed by atoms with Crippen LogP contribution < -0.4 is 0 Å². The molecule has 0 spiro atoms. The van der Waals surface area contributed by atoms with Gasteiger partial charge in [-0.3, -0.25) is 0 Å². The van der Waals surface area contributed by atoms with Crippen LogP contribution in [0.3, 0.4) is 0 Å². The van der Waals surface area contributed by atoms with E-state index in [-0.39, 0.29) is 0 Å². The van der Waals surface area contributed by atoms with E-state index in [1.807, 2.05) is 13.8 Å². The molecule has 0 radical (unpaired) electrons. The van der Waals surface area contributed by atoms with E-state index in [9.17, 15) is 0 Å². The molecular weight excluding hydrogens is 200 g/mol. The molecule has 1 fully saturated rings. The topological polar surface area (TPSA) is 18.5 Å². The zero-order chi connectivity index (χ0) is 11.8. The van der Waals surface area contributed by atoms with E-state index in [0.29, 0.717) is 18.6 Å². The summed E-state index contributed by atoms with van der Waals surface area (Å²) in [4.78, 5) is 0. The SMILES string of the molecule is C=C(OCC)C1CCC(OCC#CC)CC1. The van der Waals surface area contributed by atoms with Gasteiger partial charge in [0.25, 0.3) is 0 Å². The van der Waals surface area contributed by atoms with E-state index in [4.69, 9.17) is 9.47 Å². The molecule has 0 unspecified atom stereocenters. The molecule has 0 N–H and O–H groups in total. The summed E-state index contributed by atoms with van der Waals surface area (Å²) in [6.07, 6.45) is 4.84. The predicted molar refractivity (Wildman–Crippen MR) is 65.9 cm³/mol. The van der Waals surface area contributed by atoms with E-state index in [1.165, 1.54) is 0 Å². The highest BCUT2D eigenvalue weighted by molar-refractivity contribution is 4.96. The first kappa shape index (κ1) is 13.1. The van der Waals surface area contributed by atoms with Gasteiger partial charge in [-0.05, 0) is 39.5 Å². The Hall–Kier alpha value is -0.940. The molecular formula is C14H22O2. The maximum atomic E-state index is 5.67. The van der Waals surface area contributed by atoms with Crippen molar-refractivity contribution in [2.45, 2.75) is 45.6 Å². The van der Waals surface area contributed by atoms with Crippen LogP contribution in [0.5, 0.6) is 0 Å². The molecule has 0 aliphatic heterocycles. The lowest BCUT2D eigenvalue weighted by molar-refractivity contribution is 0.0335. The average Bonchev–Trinajstić information content (AvgIpc) is 2.30. The molecule has 16 heavy (non-hydrogen) atoms. The van der Waals surface area contributed by atoms with Gasteiger partial charge < -0.3 is 9.47 Å². The molecule has 2 nitrogen and oxygen atoms in total. The summed E-state index contributed by atoms with van der Waals surface area (Å²) < 4.78 is 11.1. The average molecular weight is 222 g/mol.